The average molecular weight is 354 g/mol. The molecule has 0 aromatic heterocycles. The van der Waals surface area contributed by atoms with E-state index in [-0.39, 0.29) is 5.04 Å². The molecule has 1 aliphatic rings. The van der Waals surface area contributed by atoms with Gasteiger partial charge < -0.3 is 10.2 Å². The van der Waals surface area contributed by atoms with E-state index < -0.39 is 8.32 Å². The van der Waals surface area contributed by atoms with E-state index in [0.717, 1.165) is 13.2 Å². The van der Waals surface area contributed by atoms with Crippen molar-refractivity contribution < 1.29 is 4.43 Å². The Morgan fingerprint density at radius 1 is 0.880 bits per heavy atom. The van der Waals surface area contributed by atoms with Crippen LogP contribution >= 0.6 is 0 Å². The van der Waals surface area contributed by atoms with Crippen LogP contribution < -0.4 is 16.1 Å². The smallest absolute Gasteiger partial charge is 0.261 e. The van der Waals surface area contributed by atoms with Gasteiger partial charge in [0.15, 0.2) is 0 Å². The quantitative estimate of drug-likeness (QED) is 0.806. The van der Waals surface area contributed by atoms with E-state index in [2.05, 4.69) is 81.4 Å². The first-order valence-corrected chi connectivity index (χ1v) is 11.3. The molecule has 0 aliphatic heterocycles. The molecule has 3 rings (SSSR count). The number of benzene rings is 2. The number of hydrogen-bond acceptors (Lipinski definition) is 2. The van der Waals surface area contributed by atoms with Gasteiger partial charge in [0.1, 0.15) is 0 Å². The second kappa shape index (κ2) is 7.44. The second-order valence-electron chi connectivity index (χ2n) is 8.41. The predicted octanol–water partition coefficient (Wildman–Crippen LogP) is 3.55. The fourth-order valence-corrected chi connectivity index (χ4v) is 8.85. The largest absolute Gasteiger partial charge is 0.407 e. The Bertz CT molecular complexity index is 620. The maximum absolute atomic E-state index is 6.96. The topological polar surface area (TPSA) is 35.2 Å². The molecular formula is C22H31NOSi. The summed E-state index contributed by atoms with van der Waals surface area (Å²) in [5, 5.41) is 2.79. The van der Waals surface area contributed by atoms with E-state index in [0.29, 0.717) is 11.8 Å². The molecule has 1 aliphatic carbocycles. The maximum atomic E-state index is 6.96. The van der Waals surface area contributed by atoms with E-state index in [4.69, 9.17) is 10.2 Å². The lowest BCUT2D eigenvalue weighted by atomic mass is 9.75. The summed E-state index contributed by atoms with van der Waals surface area (Å²) in [6.07, 6.45) is 2.43. The fourth-order valence-electron chi connectivity index (χ4n) is 4.21. The second-order valence-corrected chi connectivity index (χ2v) is 12.7. The van der Waals surface area contributed by atoms with Crippen molar-refractivity contribution in [1.29, 1.82) is 0 Å². The molecule has 0 spiro atoms. The molecule has 0 unspecified atom stereocenters. The minimum Gasteiger partial charge on any atom is -0.407 e. The Balaban J connectivity index is 1.97. The van der Waals surface area contributed by atoms with Gasteiger partial charge >= 0.3 is 0 Å². The lowest BCUT2D eigenvalue weighted by Crippen LogP contribution is -2.67. The summed E-state index contributed by atoms with van der Waals surface area (Å²) in [4.78, 5) is 0. The molecule has 2 aromatic carbocycles. The van der Waals surface area contributed by atoms with Gasteiger partial charge in [-0.3, -0.25) is 0 Å². The average Bonchev–Trinajstić information content (AvgIpc) is 2.57. The highest BCUT2D eigenvalue weighted by Crippen LogP contribution is 2.39. The van der Waals surface area contributed by atoms with Crippen LogP contribution in [0.5, 0.6) is 0 Å². The van der Waals surface area contributed by atoms with Crippen molar-refractivity contribution >= 4 is 18.7 Å². The van der Waals surface area contributed by atoms with Gasteiger partial charge in [-0.25, -0.2) is 0 Å². The standard InChI is InChI=1S/C22H31NOSi/c1-22(2,3)25(20-10-6-4-7-11-20,21-12-8-5-9-13-21)24-17-19-14-18(15-19)16-23/h4-13,18-19H,14-17,23H2,1-3H3. The van der Waals surface area contributed by atoms with Gasteiger partial charge in [0.05, 0.1) is 0 Å². The molecular weight excluding hydrogens is 322 g/mol. The summed E-state index contributed by atoms with van der Waals surface area (Å²) in [5.41, 5.74) is 5.80. The van der Waals surface area contributed by atoms with Gasteiger partial charge in [-0.15, -0.1) is 0 Å². The summed E-state index contributed by atoms with van der Waals surface area (Å²) >= 11 is 0. The summed E-state index contributed by atoms with van der Waals surface area (Å²) in [6.45, 7) is 8.67. The normalized spacial score (nSPS) is 21.0. The third-order valence-corrected chi connectivity index (χ3v) is 10.6. The summed E-state index contributed by atoms with van der Waals surface area (Å²) in [5.74, 6) is 1.36. The van der Waals surface area contributed by atoms with Crippen LogP contribution in [0.3, 0.4) is 0 Å². The number of hydrogen-bond donors (Lipinski definition) is 1. The SMILES string of the molecule is CC(C)(C)[Si](OCC1CC(CN)C1)(c1ccccc1)c1ccccc1. The lowest BCUT2D eigenvalue weighted by Gasteiger charge is -2.45. The lowest BCUT2D eigenvalue weighted by molar-refractivity contribution is 0.119. The van der Waals surface area contributed by atoms with Crippen LogP contribution in [0.4, 0.5) is 0 Å². The highest BCUT2D eigenvalue weighted by Gasteiger charge is 2.50. The zero-order valence-corrected chi connectivity index (χ0v) is 16.7. The summed E-state index contributed by atoms with van der Waals surface area (Å²) in [6, 6.07) is 21.8. The van der Waals surface area contributed by atoms with Crippen LogP contribution in [0.2, 0.25) is 5.04 Å². The number of nitrogens with two attached hydrogens (primary N) is 1. The molecule has 25 heavy (non-hydrogen) atoms. The van der Waals surface area contributed by atoms with Gasteiger partial charge in [0.2, 0.25) is 0 Å². The molecule has 0 heterocycles. The predicted molar refractivity (Wildman–Crippen MR) is 109 cm³/mol. The Morgan fingerprint density at radius 2 is 1.36 bits per heavy atom. The first kappa shape index (κ1) is 18.4. The van der Waals surface area contributed by atoms with E-state index in [9.17, 15) is 0 Å². The summed E-state index contributed by atoms with van der Waals surface area (Å²) < 4.78 is 6.96. The van der Waals surface area contributed by atoms with Gasteiger partial charge in [0, 0.05) is 6.61 Å². The van der Waals surface area contributed by atoms with Crippen molar-refractivity contribution in [2.75, 3.05) is 13.2 Å². The minimum absolute atomic E-state index is 0.0622. The first-order valence-electron chi connectivity index (χ1n) is 9.42. The molecule has 3 heteroatoms. The molecule has 2 nitrogen and oxygen atoms in total. The molecule has 2 N–H and O–H groups in total. The van der Waals surface area contributed by atoms with Crippen LogP contribution in [0.1, 0.15) is 33.6 Å². The Labute approximate surface area is 153 Å². The van der Waals surface area contributed by atoms with Gasteiger partial charge in [-0.1, -0.05) is 81.4 Å². The van der Waals surface area contributed by atoms with Crippen molar-refractivity contribution in [3.63, 3.8) is 0 Å². The highest BCUT2D eigenvalue weighted by atomic mass is 28.4. The van der Waals surface area contributed by atoms with E-state index in [1.165, 1.54) is 23.2 Å². The zero-order valence-electron chi connectivity index (χ0n) is 15.7. The summed E-state index contributed by atoms with van der Waals surface area (Å²) in [7, 11) is -2.36. The van der Waals surface area contributed by atoms with Gasteiger partial charge in [-0.05, 0) is 46.6 Å². The molecule has 0 bridgehead atoms. The van der Waals surface area contributed by atoms with E-state index in [1.54, 1.807) is 0 Å². The third kappa shape index (κ3) is 3.59. The molecule has 134 valence electrons. The molecule has 1 saturated carbocycles. The van der Waals surface area contributed by atoms with Crippen molar-refractivity contribution in [2.45, 2.75) is 38.7 Å². The van der Waals surface area contributed by atoms with Crippen molar-refractivity contribution in [3.05, 3.63) is 60.7 Å². The monoisotopic (exact) mass is 353 g/mol. The van der Waals surface area contributed by atoms with Crippen LogP contribution in [0.25, 0.3) is 0 Å². The fraction of sp³-hybridized carbons (Fsp3) is 0.455. The van der Waals surface area contributed by atoms with Crippen LogP contribution in [-0.4, -0.2) is 21.5 Å². The van der Waals surface area contributed by atoms with Crippen LogP contribution in [0.15, 0.2) is 60.7 Å². The Morgan fingerprint density at radius 3 is 1.76 bits per heavy atom. The van der Waals surface area contributed by atoms with Crippen molar-refractivity contribution in [1.82, 2.24) is 0 Å². The van der Waals surface area contributed by atoms with Crippen LogP contribution in [-0.2, 0) is 4.43 Å². The van der Waals surface area contributed by atoms with E-state index >= 15 is 0 Å². The maximum Gasteiger partial charge on any atom is 0.261 e. The Hall–Kier alpha value is -1.42. The van der Waals surface area contributed by atoms with Crippen molar-refractivity contribution in [2.24, 2.45) is 17.6 Å². The molecule has 2 aromatic rings. The first-order chi connectivity index (χ1) is 12.0. The molecule has 0 saturated heterocycles. The molecule has 0 radical (unpaired) electrons. The Kier molecular flexibility index (Phi) is 5.47. The van der Waals surface area contributed by atoms with Crippen molar-refractivity contribution in [3.8, 4) is 0 Å². The highest BCUT2D eigenvalue weighted by molar-refractivity contribution is 6.99. The van der Waals surface area contributed by atoms with Crippen LogP contribution in [0, 0.1) is 11.8 Å². The van der Waals surface area contributed by atoms with E-state index in [1.807, 2.05) is 0 Å². The molecule has 0 atom stereocenters. The third-order valence-electron chi connectivity index (χ3n) is 5.62. The molecule has 0 amide bonds. The van der Waals surface area contributed by atoms with Gasteiger partial charge in [0.25, 0.3) is 8.32 Å². The molecule has 1 fully saturated rings. The minimum atomic E-state index is -2.36. The van der Waals surface area contributed by atoms with Gasteiger partial charge in [-0.2, -0.15) is 0 Å². The number of rotatable bonds is 6. The zero-order chi connectivity index (χ0) is 17.9.